The van der Waals surface area contributed by atoms with Crippen LogP contribution in [0, 0.1) is 0 Å². The molecule has 1 atom stereocenters. The van der Waals surface area contributed by atoms with E-state index in [1.165, 1.54) is 19.3 Å². The molecule has 1 aliphatic heterocycles. The lowest BCUT2D eigenvalue weighted by Gasteiger charge is -2.15. The zero-order valence-corrected chi connectivity index (χ0v) is 11.9. The Morgan fingerprint density at radius 2 is 2.20 bits per heavy atom. The number of nitrogens with one attached hydrogen (secondary N) is 1. The lowest BCUT2D eigenvalue weighted by Crippen LogP contribution is -2.22. The number of aryl methyl sites for hydroxylation is 1. The molecule has 2 aromatic rings. The van der Waals surface area contributed by atoms with Gasteiger partial charge in [-0.2, -0.15) is 0 Å². The average molecular weight is 271 g/mol. The molecule has 5 heteroatoms. The molecule has 2 aromatic heterocycles. The van der Waals surface area contributed by atoms with Crippen LogP contribution < -0.4 is 5.32 Å². The number of fused-ring (bicyclic) bond motifs is 1. The van der Waals surface area contributed by atoms with E-state index in [9.17, 15) is 0 Å². The number of hydrogen-bond donors (Lipinski definition) is 1. The summed E-state index contributed by atoms with van der Waals surface area (Å²) in [6.45, 7) is 3.95. The maximum absolute atomic E-state index is 4.38. The molecule has 0 aromatic carbocycles. The average Bonchev–Trinajstić information content (AvgIpc) is 2.75. The van der Waals surface area contributed by atoms with Crippen molar-refractivity contribution < 1.29 is 0 Å². The van der Waals surface area contributed by atoms with Gasteiger partial charge in [0.2, 0.25) is 0 Å². The molecule has 0 amide bonds. The highest BCUT2D eigenvalue weighted by Gasteiger charge is 2.18. The third-order valence-corrected chi connectivity index (χ3v) is 3.84. The van der Waals surface area contributed by atoms with Crippen LogP contribution in [0.15, 0.2) is 24.4 Å². The summed E-state index contributed by atoms with van der Waals surface area (Å²) in [5.41, 5.74) is 1.05. The molecule has 0 fully saturated rings. The van der Waals surface area contributed by atoms with E-state index in [4.69, 9.17) is 0 Å². The number of pyridine rings is 1. The Hall–Kier alpha value is -1.75. The fraction of sp³-hybridized carbons (Fsp3) is 0.533. The van der Waals surface area contributed by atoms with Crippen LogP contribution in [0.3, 0.4) is 0 Å². The Morgan fingerprint density at radius 1 is 1.25 bits per heavy atom. The summed E-state index contributed by atoms with van der Waals surface area (Å²) >= 11 is 0. The number of hydrogen-bond acceptors (Lipinski definition) is 4. The van der Waals surface area contributed by atoms with Gasteiger partial charge in [0, 0.05) is 25.7 Å². The van der Waals surface area contributed by atoms with Crippen molar-refractivity contribution in [2.45, 2.75) is 51.7 Å². The zero-order chi connectivity index (χ0) is 13.8. The van der Waals surface area contributed by atoms with Crippen LogP contribution in [0.4, 0.5) is 0 Å². The summed E-state index contributed by atoms with van der Waals surface area (Å²) in [6, 6.07) is 6.17. The molecule has 0 saturated heterocycles. The second-order valence-electron chi connectivity index (χ2n) is 5.36. The summed E-state index contributed by atoms with van der Waals surface area (Å²) in [7, 11) is 0. The SMILES string of the molecule is CC(NCc1ccccn1)c1nnc2n1CCCCC2. The fourth-order valence-corrected chi connectivity index (χ4v) is 2.68. The zero-order valence-electron chi connectivity index (χ0n) is 11.9. The van der Waals surface area contributed by atoms with Gasteiger partial charge in [0.1, 0.15) is 11.6 Å². The van der Waals surface area contributed by atoms with Gasteiger partial charge in [-0.15, -0.1) is 10.2 Å². The standard InChI is InChI=1S/C15H21N5/c1-12(17-11-13-7-4-5-9-16-13)15-19-18-14-8-3-2-6-10-20(14)15/h4-5,7,9,12,17H,2-3,6,8,10-11H2,1H3. The summed E-state index contributed by atoms with van der Waals surface area (Å²) in [6.07, 6.45) is 6.63. The Bertz CT molecular complexity index is 549. The smallest absolute Gasteiger partial charge is 0.149 e. The summed E-state index contributed by atoms with van der Waals surface area (Å²) in [5.74, 6) is 2.20. The molecular weight excluding hydrogens is 250 g/mol. The highest BCUT2D eigenvalue weighted by atomic mass is 15.3. The molecule has 20 heavy (non-hydrogen) atoms. The summed E-state index contributed by atoms with van der Waals surface area (Å²) in [4.78, 5) is 4.33. The van der Waals surface area contributed by atoms with Crippen molar-refractivity contribution in [3.8, 4) is 0 Å². The third-order valence-electron chi connectivity index (χ3n) is 3.84. The van der Waals surface area contributed by atoms with Crippen molar-refractivity contribution in [2.75, 3.05) is 0 Å². The van der Waals surface area contributed by atoms with Crippen molar-refractivity contribution in [3.63, 3.8) is 0 Å². The molecule has 0 saturated carbocycles. The first kappa shape index (κ1) is 13.2. The lowest BCUT2D eigenvalue weighted by atomic mass is 10.2. The van der Waals surface area contributed by atoms with Crippen LogP contribution in [0.2, 0.25) is 0 Å². The molecule has 0 radical (unpaired) electrons. The fourth-order valence-electron chi connectivity index (χ4n) is 2.68. The molecular formula is C15H21N5. The number of rotatable bonds is 4. The van der Waals surface area contributed by atoms with Crippen LogP contribution >= 0.6 is 0 Å². The third kappa shape index (κ3) is 2.88. The van der Waals surface area contributed by atoms with Crippen LogP contribution in [0.1, 0.15) is 49.6 Å². The molecule has 0 bridgehead atoms. The van der Waals surface area contributed by atoms with Gasteiger partial charge in [-0.1, -0.05) is 12.5 Å². The summed E-state index contributed by atoms with van der Waals surface area (Å²) in [5, 5.41) is 12.2. The minimum atomic E-state index is 0.191. The van der Waals surface area contributed by atoms with Crippen molar-refractivity contribution in [1.29, 1.82) is 0 Å². The van der Waals surface area contributed by atoms with E-state index in [-0.39, 0.29) is 6.04 Å². The van der Waals surface area contributed by atoms with Gasteiger partial charge in [-0.3, -0.25) is 4.98 Å². The maximum Gasteiger partial charge on any atom is 0.149 e. The normalized spacial score (nSPS) is 16.4. The Balaban J connectivity index is 1.68. The second-order valence-corrected chi connectivity index (χ2v) is 5.36. The van der Waals surface area contributed by atoms with E-state index >= 15 is 0 Å². The lowest BCUT2D eigenvalue weighted by molar-refractivity contribution is 0.499. The highest BCUT2D eigenvalue weighted by Crippen LogP contribution is 2.18. The minimum Gasteiger partial charge on any atom is -0.314 e. The van der Waals surface area contributed by atoms with E-state index < -0.39 is 0 Å². The molecule has 3 heterocycles. The molecule has 3 rings (SSSR count). The molecule has 0 spiro atoms. The Kier molecular flexibility index (Phi) is 4.06. The van der Waals surface area contributed by atoms with Crippen molar-refractivity contribution in [1.82, 2.24) is 25.1 Å². The quantitative estimate of drug-likeness (QED) is 0.926. The van der Waals surface area contributed by atoms with Crippen molar-refractivity contribution in [2.24, 2.45) is 0 Å². The monoisotopic (exact) mass is 271 g/mol. The summed E-state index contributed by atoms with van der Waals surface area (Å²) < 4.78 is 2.29. The molecule has 5 nitrogen and oxygen atoms in total. The van der Waals surface area contributed by atoms with Crippen LogP contribution in [0.25, 0.3) is 0 Å². The molecule has 1 unspecified atom stereocenters. The van der Waals surface area contributed by atoms with E-state index in [0.29, 0.717) is 0 Å². The second kappa shape index (κ2) is 6.13. The number of aromatic nitrogens is 4. The van der Waals surface area contributed by atoms with Gasteiger partial charge in [-0.25, -0.2) is 0 Å². The van der Waals surface area contributed by atoms with Crippen LogP contribution in [-0.2, 0) is 19.5 Å². The van der Waals surface area contributed by atoms with E-state index in [2.05, 4.69) is 32.0 Å². The van der Waals surface area contributed by atoms with E-state index in [1.807, 2.05) is 24.4 Å². The van der Waals surface area contributed by atoms with Gasteiger partial charge in [0.25, 0.3) is 0 Å². The largest absolute Gasteiger partial charge is 0.314 e. The van der Waals surface area contributed by atoms with Crippen LogP contribution in [0.5, 0.6) is 0 Å². The van der Waals surface area contributed by atoms with Gasteiger partial charge >= 0.3 is 0 Å². The molecule has 0 aliphatic carbocycles. The topological polar surface area (TPSA) is 55.6 Å². The number of nitrogens with zero attached hydrogens (tertiary/aromatic N) is 4. The molecule has 1 aliphatic rings. The van der Waals surface area contributed by atoms with Gasteiger partial charge in [0.15, 0.2) is 0 Å². The van der Waals surface area contributed by atoms with E-state index in [1.54, 1.807) is 0 Å². The first-order chi connectivity index (χ1) is 9.84. The minimum absolute atomic E-state index is 0.191. The first-order valence-corrected chi connectivity index (χ1v) is 7.40. The predicted molar refractivity (Wildman–Crippen MR) is 77.1 cm³/mol. The van der Waals surface area contributed by atoms with Gasteiger partial charge in [0.05, 0.1) is 11.7 Å². The molecule has 1 N–H and O–H groups in total. The first-order valence-electron chi connectivity index (χ1n) is 7.40. The predicted octanol–water partition coefficient (Wildman–Crippen LogP) is 2.25. The van der Waals surface area contributed by atoms with Gasteiger partial charge in [-0.05, 0) is 31.9 Å². The van der Waals surface area contributed by atoms with Crippen molar-refractivity contribution >= 4 is 0 Å². The van der Waals surface area contributed by atoms with Crippen molar-refractivity contribution in [3.05, 3.63) is 41.7 Å². The maximum atomic E-state index is 4.38. The Morgan fingerprint density at radius 3 is 3.05 bits per heavy atom. The van der Waals surface area contributed by atoms with Gasteiger partial charge < -0.3 is 9.88 Å². The van der Waals surface area contributed by atoms with Crippen LogP contribution in [-0.4, -0.2) is 19.7 Å². The van der Waals surface area contributed by atoms with E-state index in [0.717, 1.165) is 36.9 Å². The molecule has 106 valence electrons. The highest BCUT2D eigenvalue weighted by molar-refractivity contribution is 5.05. The Labute approximate surface area is 119 Å².